The molecule has 0 atom stereocenters. The molecule has 0 bridgehead atoms. The molecule has 122 valence electrons. The van der Waals surface area contributed by atoms with Crippen molar-refractivity contribution in [2.45, 2.75) is 6.61 Å². The van der Waals surface area contributed by atoms with Crippen molar-refractivity contribution < 1.29 is 19.4 Å². The fourth-order valence-electron chi connectivity index (χ4n) is 1.83. The molecule has 0 unspecified atom stereocenters. The van der Waals surface area contributed by atoms with E-state index >= 15 is 0 Å². The SMILES string of the molecule is O=C(NCC#Cc1ccc(Cl)cc1C(=O)O)OCc1ccccc1. The number of aromatic carboxylic acids is 1. The van der Waals surface area contributed by atoms with Gasteiger partial charge in [0.15, 0.2) is 0 Å². The van der Waals surface area contributed by atoms with E-state index in [-0.39, 0.29) is 18.7 Å². The molecule has 2 rings (SSSR count). The maximum atomic E-state index is 11.5. The van der Waals surface area contributed by atoms with E-state index in [9.17, 15) is 9.59 Å². The molecule has 24 heavy (non-hydrogen) atoms. The van der Waals surface area contributed by atoms with Crippen LogP contribution in [0.4, 0.5) is 4.79 Å². The highest BCUT2D eigenvalue weighted by molar-refractivity contribution is 6.31. The molecule has 0 aliphatic heterocycles. The van der Waals surface area contributed by atoms with Gasteiger partial charge >= 0.3 is 12.1 Å². The Morgan fingerprint density at radius 3 is 2.62 bits per heavy atom. The first kappa shape index (κ1) is 17.4. The minimum atomic E-state index is -1.11. The lowest BCUT2D eigenvalue weighted by atomic mass is 10.1. The van der Waals surface area contributed by atoms with Gasteiger partial charge in [-0.15, -0.1) is 0 Å². The zero-order valence-electron chi connectivity index (χ0n) is 12.6. The van der Waals surface area contributed by atoms with Crippen LogP contribution >= 0.6 is 11.6 Å². The Balaban J connectivity index is 1.85. The summed E-state index contributed by atoms with van der Waals surface area (Å²) in [4.78, 5) is 22.7. The van der Waals surface area contributed by atoms with Crippen LogP contribution in [0.1, 0.15) is 21.5 Å². The van der Waals surface area contributed by atoms with E-state index in [0.29, 0.717) is 10.6 Å². The second-order valence-corrected chi connectivity index (χ2v) is 5.15. The molecule has 0 radical (unpaired) electrons. The van der Waals surface area contributed by atoms with Crippen LogP contribution in [0.15, 0.2) is 48.5 Å². The smallest absolute Gasteiger partial charge is 0.408 e. The molecule has 0 aliphatic carbocycles. The summed E-state index contributed by atoms with van der Waals surface area (Å²) < 4.78 is 5.03. The van der Waals surface area contributed by atoms with Crippen molar-refractivity contribution in [3.05, 3.63) is 70.2 Å². The molecule has 5 nitrogen and oxygen atoms in total. The van der Waals surface area contributed by atoms with Crippen molar-refractivity contribution in [1.82, 2.24) is 5.32 Å². The van der Waals surface area contributed by atoms with Crippen molar-refractivity contribution in [1.29, 1.82) is 0 Å². The second kappa shape index (κ2) is 8.61. The van der Waals surface area contributed by atoms with Gasteiger partial charge in [-0.1, -0.05) is 53.8 Å². The van der Waals surface area contributed by atoms with Gasteiger partial charge in [-0.3, -0.25) is 0 Å². The largest absolute Gasteiger partial charge is 0.478 e. The molecular formula is C18H14ClNO4. The summed E-state index contributed by atoms with van der Waals surface area (Å²) in [5.41, 5.74) is 1.22. The first-order valence-electron chi connectivity index (χ1n) is 7.02. The molecule has 0 saturated carbocycles. The van der Waals surface area contributed by atoms with Crippen molar-refractivity contribution in [3.63, 3.8) is 0 Å². The molecular weight excluding hydrogens is 330 g/mol. The zero-order chi connectivity index (χ0) is 17.4. The minimum Gasteiger partial charge on any atom is -0.478 e. The average molecular weight is 344 g/mol. The Kier molecular flexibility index (Phi) is 6.23. The molecule has 0 aromatic heterocycles. The predicted molar refractivity (Wildman–Crippen MR) is 89.9 cm³/mol. The fraction of sp³-hybridized carbons (Fsp3) is 0.111. The van der Waals surface area contributed by atoms with E-state index < -0.39 is 12.1 Å². The normalized spacial score (nSPS) is 9.54. The number of hydrogen-bond donors (Lipinski definition) is 2. The number of carbonyl (C=O) groups excluding carboxylic acids is 1. The van der Waals surface area contributed by atoms with E-state index in [1.165, 1.54) is 12.1 Å². The lowest BCUT2D eigenvalue weighted by Crippen LogP contribution is -2.24. The maximum Gasteiger partial charge on any atom is 0.408 e. The number of carboxylic acids is 1. The zero-order valence-corrected chi connectivity index (χ0v) is 13.3. The number of halogens is 1. The number of ether oxygens (including phenoxy) is 1. The van der Waals surface area contributed by atoms with Gasteiger partial charge in [0.25, 0.3) is 0 Å². The van der Waals surface area contributed by atoms with E-state index in [1.54, 1.807) is 6.07 Å². The first-order chi connectivity index (χ1) is 11.6. The summed E-state index contributed by atoms with van der Waals surface area (Å²) in [6, 6.07) is 13.7. The van der Waals surface area contributed by atoms with Gasteiger partial charge in [0, 0.05) is 10.6 Å². The van der Waals surface area contributed by atoms with Gasteiger partial charge in [-0.25, -0.2) is 9.59 Å². The van der Waals surface area contributed by atoms with Crippen LogP contribution in [0.5, 0.6) is 0 Å². The van der Waals surface area contributed by atoms with E-state index in [1.807, 2.05) is 30.3 Å². The van der Waals surface area contributed by atoms with Crippen LogP contribution in [-0.4, -0.2) is 23.7 Å². The average Bonchev–Trinajstić information content (AvgIpc) is 2.58. The topological polar surface area (TPSA) is 75.6 Å². The summed E-state index contributed by atoms with van der Waals surface area (Å²) in [6.07, 6.45) is -0.595. The summed E-state index contributed by atoms with van der Waals surface area (Å²) in [7, 11) is 0. The second-order valence-electron chi connectivity index (χ2n) is 4.71. The highest BCUT2D eigenvalue weighted by Gasteiger charge is 2.08. The molecule has 0 saturated heterocycles. The standard InChI is InChI=1S/C18H14ClNO4/c19-15-9-8-14(16(11-15)17(21)22)7-4-10-20-18(23)24-12-13-5-2-1-3-6-13/h1-3,5-6,8-9,11H,10,12H2,(H,20,23)(H,21,22). The Labute approximate surface area is 144 Å². The Morgan fingerprint density at radius 2 is 1.92 bits per heavy atom. The molecule has 0 fully saturated rings. The molecule has 1 amide bonds. The van der Waals surface area contributed by atoms with Crippen LogP contribution in [0.2, 0.25) is 5.02 Å². The molecule has 6 heteroatoms. The van der Waals surface area contributed by atoms with Crippen LogP contribution in [-0.2, 0) is 11.3 Å². The monoisotopic (exact) mass is 343 g/mol. The van der Waals surface area contributed by atoms with Crippen LogP contribution in [0.3, 0.4) is 0 Å². The minimum absolute atomic E-state index is 0.0154. The van der Waals surface area contributed by atoms with Gasteiger partial charge in [0.05, 0.1) is 12.1 Å². The number of alkyl carbamates (subject to hydrolysis) is 1. The van der Waals surface area contributed by atoms with Gasteiger partial charge in [-0.05, 0) is 23.8 Å². The molecule has 2 aromatic carbocycles. The number of amides is 1. The lowest BCUT2D eigenvalue weighted by molar-refractivity contribution is 0.0696. The molecule has 0 aliphatic rings. The predicted octanol–water partition coefficient (Wildman–Crippen LogP) is 3.32. The van der Waals surface area contributed by atoms with Crippen molar-refractivity contribution >= 4 is 23.7 Å². The van der Waals surface area contributed by atoms with Crippen LogP contribution in [0.25, 0.3) is 0 Å². The third-order valence-corrected chi connectivity index (χ3v) is 3.20. The molecule has 0 spiro atoms. The van der Waals surface area contributed by atoms with E-state index in [4.69, 9.17) is 21.4 Å². The number of benzene rings is 2. The van der Waals surface area contributed by atoms with Crippen molar-refractivity contribution in [2.75, 3.05) is 6.54 Å². The summed E-state index contributed by atoms with van der Waals surface area (Å²) in [5.74, 6) is 4.25. The number of nitrogens with one attached hydrogen (secondary N) is 1. The third-order valence-electron chi connectivity index (χ3n) is 2.97. The van der Waals surface area contributed by atoms with Crippen molar-refractivity contribution in [2.24, 2.45) is 0 Å². The van der Waals surface area contributed by atoms with Gasteiger partial charge in [0.1, 0.15) is 6.61 Å². The molecule has 2 N–H and O–H groups in total. The third kappa shape index (κ3) is 5.34. The van der Waals surface area contributed by atoms with Crippen LogP contribution in [0, 0.1) is 11.8 Å². The van der Waals surface area contributed by atoms with Gasteiger partial charge in [0.2, 0.25) is 0 Å². The molecule has 0 heterocycles. The van der Waals surface area contributed by atoms with Gasteiger partial charge < -0.3 is 15.2 Å². The highest BCUT2D eigenvalue weighted by atomic mass is 35.5. The van der Waals surface area contributed by atoms with E-state index in [0.717, 1.165) is 5.56 Å². The number of hydrogen-bond acceptors (Lipinski definition) is 3. The summed E-state index contributed by atoms with van der Waals surface area (Å²) in [6.45, 7) is 0.204. The highest BCUT2D eigenvalue weighted by Crippen LogP contribution is 2.15. The molecule has 2 aromatic rings. The first-order valence-corrected chi connectivity index (χ1v) is 7.40. The van der Waals surface area contributed by atoms with Crippen molar-refractivity contribution in [3.8, 4) is 11.8 Å². The fourth-order valence-corrected chi connectivity index (χ4v) is 2.00. The number of carboxylic acid groups (broad SMARTS) is 1. The lowest BCUT2D eigenvalue weighted by Gasteiger charge is -2.04. The Morgan fingerprint density at radius 1 is 1.17 bits per heavy atom. The number of rotatable bonds is 4. The quantitative estimate of drug-likeness (QED) is 0.835. The Bertz CT molecular complexity index is 794. The number of carbonyl (C=O) groups is 2. The Hall–Kier alpha value is -2.97. The summed E-state index contributed by atoms with van der Waals surface area (Å²) >= 11 is 5.76. The maximum absolute atomic E-state index is 11.5. The van der Waals surface area contributed by atoms with Gasteiger partial charge in [-0.2, -0.15) is 0 Å². The summed E-state index contributed by atoms with van der Waals surface area (Å²) in [5, 5.41) is 11.9. The van der Waals surface area contributed by atoms with E-state index in [2.05, 4.69) is 17.2 Å². The van der Waals surface area contributed by atoms with Crippen LogP contribution < -0.4 is 5.32 Å².